The van der Waals surface area contributed by atoms with Crippen molar-refractivity contribution in [2.75, 3.05) is 13.7 Å². The summed E-state index contributed by atoms with van der Waals surface area (Å²) in [6, 6.07) is 10.5. The topological polar surface area (TPSA) is 94.5 Å². The third-order valence-corrected chi connectivity index (χ3v) is 3.77. The second-order valence-electron chi connectivity index (χ2n) is 5.66. The number of carbonyl (C=O) groups is 3. The standard InChI is InChI=1S/C19H20N2O5/c1-26-17(23)8-5-9-20-18(24)15-10-16(13-22)19(25)21(12-15)11-14-6-3-2-4-7-14/h2-4,6-7,10,12-13H,5,8-9,11H2,1H3,(H,20,24). The number of nitrogens with one attached hydrogen (secondary N) is 1. The van der Waals surface area contributed by atoms with E-state index in [4.69, 9.17) is 0 Å². The van der Waals surface area contributed by atoms with Crippen LogP contribution in [0.1, 0.15) is 39.1 Å². The third-order valence-electron chi connectivity index (χ3n) is 3.77. The fraction of sp³-hybridized carbons (Fsp3) is 0.263. The number of pyridine rings is 1. The molecule has 1 N–H and O–H groups in total. The second kappa shape index (κ2) is 9.31. The minimum Gasteiger partial charge on any atom is -0.469 e. The molecule has 136 valence electrons. The van der Waals surface area contributed by atoms with Crippen molar-refractivity contribution in [3.63, 3.8) is 0 Å². The molecule has 0 aliphatic heterocycles. The van der Waals surface area contributed by atoms with Crippen LogP contribution in [-0.2, 0) is 16.1 Å². The number of aromatic nitrogens is 1. The summed E-state index contributed by atoms with van der Waals surface area (Å²) in [6.45, 7) is 0.534. The summed E-state index contributed by atoms with van der Waals surface area (Å²) in [4.78, 5) is 46.8. The van der Waals surface area contributed by atoms with E-state index in [0.717, 1.165) is 5.56 Å². The zero-order valence-electron chi connectivity index (χ0n) is 14.4. The van der Waals surface area contributed by atoms with Crippen LogP contribution in [0.3, 0.4) is 0 Å². The number of ether oxygens (including phenoxy) is 1. The summed E-state index contributed by atoms with van der Waals surface area (Å²) >= 11 is 0. The van der Waals surface area contributed by atoms with E-state index < -0.39 is 11.5 Å². The van der Waals surface area contributed by atoms with Crippen LogP contribution >= 0.6 is 0 Å². The molecule has 0 atom stereocenters. The van der Waals surface area contributed by atoms with E-state index in [0.29, 0.717) is 12.7 Å². The Morgan fingerprint density at radius 3 is 2.62 bits per heavy atom. The Morgan fingerprint density at radius 2 is 1.96 bits per heavy atom. The first-order valence-electron chi connectivity index (χ1n) is 8.13. The SMILES string of the molecule is COC(=O)CCCNC(=O)c1cc(C=O)c(=O)n(Cc2ccccc2)c1. The fourth-order valence-electron chi connectivity index (χ4n) is 2.40. The largest absolute Gasteiger partial charge is 0.469 e. The molecule has 2 rings (SSSR count). The Labute approximate surface area is 150 Å². The van der Waals surface area contributed by atoms with Crippen LogP contribution in [-0.4, -0.2) is 36.4 Å². The Bertz CT molecular complexity index is 843. The Morgan fingerprint density at radius 1 is 1.23 bits per heavy atom. The van der Waals surface area contributed by atoms with Gasteiger partial charge < -0.3 is 14.6 Å². The molecular formula is C19H20N2O5. The number of esters is 1. The summed E-state index contributed by atoms with van der Waals surface area (Å²) in [5.74, 6) is -0.765. The van der Waals surface area contributed by atoms with Crippen LogP contribution in [0.25, 0.3) is 0 Å². The first-order valence-corrected chi connectivity index (χ1v) is 8.13. The maximum absolute atomic E-state index is 12.3. The Balaban J connectivity index is 2.14. The summed E-state index contributed by atoms with van der Waals surface area (Å²) in [6.07, 6.45) is 2.50. The molecule has 0 aliphatic carbocycles. The Kier molecular flexibility index (Phi) is 6.84. The predicted octanol–water partition coefficient (Wildman–Crippen LogP) is 1.39. The van der Waals surface area contributed by atoms with Crippen molar-refractivity contribution in [2.24, 2.45) is 0 Å². The first kappa shape index (κ1) is 19.1. The normalized spacial score (nSPS) is 10.2. The number of carbonyl (C=O) groups excluding carboxylic acids is 3. The molecule has 1 heterocycles. The van der Waals surface area contributed by atoms with E-state index in [9.17, 15) is 19.2 Å². The molecule has 0 radical (unpaired) electrons. The number of amides is 1. The van der Waals surface area contributed by atoms with Gasteiger partial charge in [0.25, 0.3) is 11.5 Å². The number of rotatable bonds is 8. The number of methoxy groups -OCH3 is 1. The molecule has 0 aliphatic rings. The minimum atomic E-state index is -0.453. The molecule has 2 aromatic rings. The lowest BCUT2D eigenvalue weighted by Crippen LogP contribution is -2.30. The molecule has 7 heteroatoms. The maximum atomic E-state index is 12.3. The lowest BCUT2D eigenvalue weighted by Gasteiger charge is -2.10. The van der Waals surface area contributed by atoms with Crippen molar-refractivity contribution in [1.82, 2.24) is 9.88 Å². The van der Waals surface area contributed by atoms with Crippen molar-refractivity contribution < 1.29 is 19.1 Å². The van der Waals surface area contributed by atoms with Gasteiger partial charge in [-0.2, -0.15) is 0 Å². The summed E-state index contributed by atoms with van der Waals surface area (Å²) < 4.78 is 5.86. The zero-order valence-corrected chi connectivity index (χ0v) is 14.4. The molecule has 0 fully saturated rings. The lowest BCUT2D eigenvalue weighted by molar-refractivity contribution is -0.140. The van der Waals surface area contributed by atoms with Crippen LogP contribution in [0.5, 0.6) is 0 Å². The van der Waals surface area contributed by atoms with Gasteiger partial charge in [0.2, 0.25) is 0 Å². The van der Waals surface area contributed by atoms with Crippen molar-refractivity contribution in [1.29, 1.82) is 0 Å². The van der Waals surface area contributed by atoms with Crippen LogP contribution in [0.15, 0.2) is 47.4 Å². The molecule has 0 unspecified atom stereocenters. The molecule has 1 amide bonds. The van der Waals surface area contributed by atoms with Gasteiger partial charge in [0.05, 0.1) is 24.8 Å². The smallest absolute Gasteiger partial charge is 0.305 e. The van der Waals surface area contributed by atoms with Crippen molar-refractivity contribution in [3.05, 3.63) is 69.6 Å². The monoisotopic (exact) mass is 356 g/mol. The van der Waals surface area contributed by atoms with Gasteiger partial charge in [-0.15, -0.1) is 0 Å². The highest BCUT2D eigenvalue weighted by molar-refractivity contribution is 5.95. The van der Waals surface area contributed by atoms with Gasteiger partial charge in [-0.25, -0.2) is 0 Å². The number of benzene rings is 1. The summed E-state index contributed by atoms with van der Waals surface area (Å²) in [5.41, 5.74) is 0.553. The van der Waals surface area contributed by atoms with E-state index in [1.165, 1.54) is 23.9 Å². The average Bonchev–Trinajstić information content (AvgIpc) is 2.67. The Hall–Kier alpha value is -3.22. The van der Waals surface area contributed by atoms with E-state index in [1.54, 1.807) is 0 Å². The fourth-order valence-corrected chi connectivity index (χ4v) is 2.40. The molecular weight excluding hydrogens is 336 g/mol. The first-order chi connectivity index (χ1) is 12.5. The number of aldehydes is 1. The van der Waals surface area contributed by atoms with E-state index in [-0.39, 0.29) is 36.6 Å². The highest BCUT2D eigenvalue weighted by Gasteiger charge is 2.12. The van der Waals surface area contributed by atoms with Crippen molar-refractivity contribution >= 4 is 18.2 Å². The molecule has 1 aromatic heterocycles. The maximum Gasteiger partial charge on any atom is 0.305 e. The van der Waals surface area contributed by atoms with Crippen molar-refractivity contribution in [3.8, 4) is 0 Å². The average molecular weight is 356 g/mol. The summed E-state index contributed by atoms with van der Waals surface area (Å²) in [7, 11) is 1.30. The van der Waals surface area contributed by atoms with Gasteiger partial charge in [0, 0.05) is 19.2 Å². The molecule has 0 saturated heterocycles. The van der Waals surface area contributed by atoms with Gasteiger partial charge in [0.15, 0.2) is 6.29 Å². The lowest BCUT2D eigenvalue weighted by atomic mass is 10.1. The van der Waals surface area contributed by atoms with Gasteiger partial charge >= 0.3 is 5.97 Å². The van der Waals surface area contributed by atoms with E-state index in [1.807, 2.05) is 30.3 Å². The minimum absolute atomic E-state index is 0.0804. The number of nitrogens with zero attached hydrogens (tertiary/aromatic N) is 1. The van der Waals surface area contributed by atoms with Crippen LogP contribution < -0.4 is 10.9 Å². The molecule has 0 bridgehead atoms. The number of hydrogen-bond donors (Lipinski definition) is 1. The molecule has 1 aromatic carbocycles. The van der Waals surface area contributed by atoms with Crippen LogP contribution in [0, 0.1) is 0 Å². The van der Waals surface area contributed by atoms with Gasteiger partial charge in [-0.1, -0.05) is 30.3 Å². The van der Waals surface area contributed by atoms with Crippen LogP contribution in [0.4, 0.5) is 0 Å². The second-order valence-corrected chi connectivity index (χ2v) is 5.66. The zero-order chi connectivity index (χ0) is 18.9. The van der Waals surface area contributed by atoms with E-state index in [2.05, 4.69) is 10.1 Å². The van der Waals surface area contributed by atoms with Gasteiger partial charge in [-0.05, 0) is 18.1 Å². The quantitative estimate of drug-likeness (QED) is 0.438. The predicted molar refractivity (Wildman–Crippen MR) is 95.2 cm³/mol. The van der Waals surface area contributed by atoms with Crippen LogP contribution in [0.2, 0.25) is 0 Å². The molecule has 0 saturated carbocycles. The third kappa shape index (κ3) is 5.14. The van der Waals surface area contributed by atoms with E-state index >= 15 is 0 Å². The van der Waals surface area contributed by atoms with Crippen molar-refractivity contribution in [2.45, 2.75) is 19.4 Å². The highest BCUT2D eigenvalue weighted by Crippen LogP contribution is 2.05. The molecule has 26 heavy (non-hydrogen) atoms. The molecule has 0 spiro atoms. The molecule has 7 nitrogen and oxygen atoms in total. The number of hydrogen-bond acceptors (Lipinski definition) is 5. The van der Waals surface area contributed by atoms with Gasteiger partial charge in [-0.3, -0.25) is 19.2 Å². The highest BCUT2D eigenvalue weighted by atomic mass is 16.5. The summed E-state index contributed by atoms with van der Waals surface area (Å²) in [5, 5.41) is 2.66. The van der Waals surface area contributed by atoms with Gasteiger partial charge in [0.1, 0.15) is 0 Å².